The molecule has 1 aromatic heterocycles. The van der Waals surface area contributed by atoms with E-state index in [2.05, 4.69) is 6.07 Å². The Kier molecular flexibility index (Phi) is 3.97. The van der Waals surface area contributed by atoms with Gasteiger partial charge in [-0.25, -0.2) is 0 Å². The zero-order chi connectivity index (χ0) is 17.3. The van der Waals surface area contributed by atoms with Crippen LogP contribution in [0.1, 0.15) is 5.69 Å². The number of rotatable bonds is 3. The molecular weight excluding hydrogens is 304 g/mol. The minimum Gasteiger partial charge on any atom is -0.497 e. The largest absolute Gasteiger partial charge is 0.497 e. The van der Waals surface area contributed by atoms with Gasteiger partial charge in [0, 0.05) is 23.4 Å². The van der Waals surface area contributed by atoms with Crippen molar-refractivity contribution >= 4 is 10.8 Å². The number of fused-ring (bicyclic) bond motifs is 1. The molecule has 0 saturated heterocycles. The predicted octanol–water partition coefficient (Wildman–Crippen LogP) is 3.09. The molecule has 0 aliphatic carbocycles. The highest BCUT2D eigenvalue weighted by molar-refractivity contribution is 5.99. The van der Waals surface area contributed by atoms with Gasteiger partial charge in [-0.15, -0.1) is 0 Å². The molecule has 0 bridgehead atoms. The topological polar surface area (TPSA) is 64.2 Å². The molecule has 3 rings (SSSR count). The van der Waals surface area contributed by atoms with E-state index in [1.165, 1.54) is 4.57 Å². The molecule has 0 N–H and O–H groups in total. The molecule has 1 heterocycles. The fraction of sp³-hybridized carbons (Fsp3) is 0.158. The molecule has 0 saturated carbocycles. The maximum atomic E-state index is 12.5. The Morgan fingerprint density at radius 2 is 1.58 bits per heavy atom. The molecule has 0 aliphatic heterocycles. The summed E-state index contributed by atoms with van der Waals surface area (Å²) in [6.45, 7) is 0. The first-order valence-corrected chi connectivity index (χ1v) is 7.36. The lowest BCUT2D eigenvalue weighted by atomic mass is 9.97. The van der Waals surface area contributed by atoms with Crippen molar-refractivity contribution < 1.29 is 9.47 Å². The molecule has 0 spiro atoms. The number of nitrogens with zero attached hydrogens (tertiary/aromatic N) is 2. The summed E-state index contributed by atoms with van der Waals surface area (Å²) < 4.78 is 11.9. The summed E-state index contributed by atoms with van der Waals surface area (Å²) in [4.78, 5) is 12.5. The van der Waals surface area contributed by atoms with Crippen LogP contribution in [0.2, 0.25) is 0 Å². The first-order chi connectivity index (χ1) is 11.6. The number of methoxy groups -OCH3 is 2. The second-order valence-electron chi connectivity index (χ2n) is 5.34. The Labute approximate surface area is 139 Å². The number of nitriles is 1. The summed E-state index contributed by atoms with van der Waals surface area (Å²) >= 11 is 0. The molecule has 120 valence electrons. The fourth-order valence-electron chi connectivity index (χ4n) is 2.80. The molecule has 0 amide bonds. The van der Waals surface area contributed by atoms with E-state index in [4.69, 9.17) is 9.47 Å². The van der Waals surface area contributed by atoms with Crippen molar-refractivity contribution in [3.05, 3.63) is 58.5 Å². The molecule has 5 heteroatoms. The van der Waals surface area contributed by atoms with E-state index < -0.39 is 0 Å². The first-order valence-electron chi connectivity index (χ1n) is 7.36. The average Bonchev–Trinajstić information content (AvgIpc) is 2.64. The van der Waals surface area contributed by atoms with Gasteiger partial charge in [-0.3, -0.25) is 4.79 Å². The van der Waals surface area contributed by atoms with Gasteiger partial charge in [-0.05, 0) is 35.9 Å². The van der Waals surface area contributed by atoms with Crippen LogP contribution >= 0.6 is 0 Å². The first kappa shape index (κ1) is 15.6. The monoisotopic (exact) mass is 320 g/mol. The maximum absolute atomic E-state index is 12.5. The van der Waals surface area contributed by atoms with Crippen molar-refractivity contribution in [3.63, 3.8) is 0 Å². The van der Waals surface area contributed by atoms with Gasteiger partial charge in [0.2, 0.25) is 0 Å². The van der Waals surface area contributed by atoms with E-state index in [0.29, 0.717) is 27.8 Å². The molecule has 3 aromatic rings. The quantitative estimate of drug-likeness (QED) is 0.744. The second kappa shape index (κ2) is 6.09. The van der Waals surface area contributed by atoms with Crippen molar-refractivity contribution in [2.24, 2.45) is 7.05 Å². The van der Waals surface area contributed by atoms with Gasteiger partial charge < -0.3 is 14.0 Å². The number of hydrogen-bond acceptors (Lipinski definition) is 4. The van der Waals surface area contributed by atoms with Crippen LogP contribution in [0.15, 0.2) is 47.3 Å². The fourth-order valence-corrected chi connectivity index (χ4v) is 2.80. The van der Waals surface area contributed by atoms with Crippen LogP contribution in [0, 0.1) is 11.3 Å². The Balaban J connectivity index is 2.45. The third kappa shape index (κ3) is 2.38. The molecule has 0 unspecified atom stereocenters. The maximum Gasteiger partial charge on any atom is 0.259 e. The average molecular weight is 320 g/mol. The van der Waals surface area contributed by atoms with E-state index in [1.54, 1.807) is 39.5 Å². The molecule has 0 aliphatic rings. The number of pyridine rings is 1. The normalized spacial score (nSPS) is 10.4. The summed E-state index contributed by atoms with van der Waals surface area (Å²) in [5.74, 6) is 1.36. The predicted molar refractivity (Wildman–Crippen MR) is 92.4 cm³/mol. The van der Waals surface area contributed by atoms with Gasteiger partial charge in [0.15, 0.2) is 0 Å². The van der Waals surface area contributed by atoms with Crippen LogP contribution in [0.25, 0.3) is 21.9 Å². The van der Waals surface area contributed by atoms with Crippen LogP contribution in [0.4, 0.5) is 0 Å². The summed E-state index contributed by atoms with van der Waals surface area (Å²) in [6.07, 6.45) is 0. The van der Waals surface area contributed by atoms with Crippen molar-refractivity contribution in [1.82, 2.24) is 4.57 Å². The molecule has 0 atom stereocenters. The Bertz CT molecular complexity index is 1010. The van der Waals surface area contributed by atoms with Crippen LogP contribution < -0.4 is 15.0 Å². The van der Waals surface area contributed by atoms with Gasteiger partial charge >= 0.3 is 0 Å². The molecule has 5 nitrogen and oxygen atoms in total. The van der Waals surface area contributed by atoms with Crippen molar-refractivity contribution in [2.75, 3.05) is 14.2 Å². The van der Waals surface area contributed by atoms with Gasteiger partial charge in [-0.2, -0.15) is 5.26 Å². The zero-order valence-electron chi connectivity index (χ0n) is 13.7. The van der Waals surface area contributed by atoms with Gasteiger partial charge in [0.05, 0.1) is 14.2 Å². The van der Waals surface area contributed by atoms with E-state index in [-0.39, 0.29) is 5.56 Å². The zero-order valence-corrected chi connectivity index (χ0v) is 13.7. The smallest absolute Gasteiger partial charge is 0.259 e. The molecular formula is C19H16N2O3. The third-order valence-electron chi connectivity index (χ3n) is 4.09. The minimum atomic E-state index is -0.207. The number of aromatic nitrogens is 1. The lowest BCUT2D eigenvalue weighted by Crippen LogP contribution is -2.20. The summed E-state index contributed by atoms with van der Waals surface area (Å²) in [5, 5.41) is 10.8. The lowest BCUT2D eigenvalue weighted by Gasteiger charge is -2.14. The van der Waals surface area contributed by atoms with Gasteiger partial charge in [0.25, 0.3) is 5.56 Å². The van der Waals surface area contributed by atoms with Gasteiger partial charge in [0.1, 0.15) is 23.3 Å². The third-order valence-corrected chi connectivity index (χ3v) is 4.09. The highest BCUT2D eigenvalue weighted by Crippen LogP contribution is 2.33. The van der Waals surface area contributed by atoms with Crippen LogP contribution in [-0.4, -0.2) is 18.8 Å². The van der Waals surface area contributed by atoms with E-state index in [0.717, 1.165) is 11.3 Å². The van der Waals surface area contributed by atoms with Crippen molar-refractivity contribution in [1.29, 1.82) is 5.26 Å². The van der Waals surface area contributed by atoms with Crippen LogP contribution in [-0.2, 0) is 7.05 Å². The standard InChI is InChI=1S/C19H16N2O3/c1-21-17(11-20)18(12-4-6-13(23-2)7-5-12)16-10-14(24-3)8-9-15(16)19(21)22/h4-10H,1-3H3. The second-order valence-corrected chi connectivity index (χ2v) is 5.34. The number of hydrogen-bond donors (Lipinski definition) is 0. The Morgan fingerprint density at radius 3 is 2.17 bits per heavy atom. The Morgan fingerprint density at radius 1 is 0.958 bits per heavy atom. The van der Waals surface area contributed by atoms with Crippen LogP contribution in [0.5, 0.6) is 11.5 Å². The van der Waals surface area contributed by atoms with Crippen LogP contribution in [0.3, 0.4) is 0 Å². The summed E-state index contributed by atoms with van der Waals surface area (Å²) in [6, 6.07) is 14.8. The minimum absolute atomic E-state index is 0.207. The van der Waals surface area contributed by atoms with E-state index >= 15 is 0 Å². The molecule has 2 aromatic carbocycles. The van der Waals surface area contributed by atoms with Crippen molar-refractivity contribution in [2.45, 2.75) is 0 Å². The van der Waals surface area contributed by atoms with Crippen molar-refractivity contribution in [3.8, 4) is 28.7 Å². The summed E-state index contributed by atoms with van der Waals surface area (Å²) in [5.41, 5.74) is 1.64. The SMILES string of the molecule is COc1ccc(-c2c(C#N)n(C)c(=O)c3ccc(OC)cc23)cc1. The highest BCUT2D eigenvalue weighted by atomic mass is 16.5. The molecule has 0 radical (unpaired) electrons. The molecule has 0 fully saturated rings. The van der Waals surface area contributed by atoms with Gasteiger partial charge in [-0.1, -0.05) is 12.1 Å². The highest BCUT2D eigenvalue weighted by Gasteiger charge is 2.17. The van der Waals surface area contributed by atoms with E-state index in [1.807, 2.05) is 24.3 Å². The Hall–Kier alpha value is -3.26. The number of benzene rings is 2. The molecule has 24 heavy (non-hydrogen) atoms. The lowest BCUT2D eigenvalue weighted by molar-refractivity contribution is 0.415. The van der Waals surface area contributed by atoms with E-state index in [9.17, 15) is 10.1 Å². The number of ether oxygens (including phenoxy) is 2. The summed E-state index contributed by atoms with van der Waals surface area (Å²) in [7, 11) is 4.78.